The van der Waals surface area contributed by atoms with Crippen molar-refractivity contribution in [2.45, 2.75) is 20.0 Å². The summed E-state index contributed by atoms with van der Waals surface area (Å²) in [5, 5.41) is 6.22. The highest BCUT2D eigenvalue weighted by Gasteiger charge is 2.03. The van der Waals surface area contributed by atoms with Gasteiger partial charge in [0.1, 0.15) is 5.82 Å². The summed E-state index contributed by atoms with van der Waals surface area (Å²) in [6, 6.07) is 13.6. The van der Waals surface area contributed by atoms with E-state index in [2.05, 4.69) is 15.6 Å². The number of benzene rings is 2. The summed E-state index contributed by atoms with van der Waals surface area (Å²) < 4.78 is 13.6. The molecule has 0 atom stereocenters. The predicted octanol–water partition coefficient (Wildman–Crippen LogP) is 2.80. The van der Waals surface area contributed by atoms with Crippen LogP contribution in [0.4, 0.5) is 4.39 Å². The molecule has 2 rings (SSSR count). The minimum absolute atomic E-state index is 0. The van der Waals surface area contributed by atoms with Crippen LogP contribution in [0.15, 0.2) is 53.5 Å². The Balaban J connectivity index is 0.00000312. The van der Waals surface area contributed by atoms with E-state index in [1.165, 1.54) is 6.07 Å². The average molecular weight is 456 g/mol. The highest BCUT2D eigenvalue weighted by molar-refractivity contribution is 14.0. The first-order valence-corrected chi connectivity index (χ1v) is 7.74. The zero-order chi connectivity index (χ0) is 17.4. The van der Waals surface area contributed by atoms with Crippen molar-refractivity contribution in [3.05, 3.63) is 71.0 Å². The smallest absolute Gasteiger partial charge is 0.248 e. The Hall–Kier alpha value is -2.16. The number of carbonyl (C=O) groups is 1. The van der Waals surface area contributed by atoms with E-state index in [1.807, 2.05) is 19.1 Å². The lowest BCUT2D eigenvalue weighted by atomic mass is 10.1. The lowest BCUT2D eigenvalue weighted by Gasteiger charge is -2.12. The van der Waals surface area contributed by atoms with Crippen LogP contribution in [0.1, 0.15) is 28.4 Å². The number of hydrogen-bond acceptors (Lipinski definition) is 2. The molecule has 4 N–H and O–H groups in total. The van der Waals surface area contributed by atoms with Gasteiger partial charge in [-0.05, 0) is 30.7 Å². The molecule has 5 nitrogen and oxygen atoms in total. The maximum atomic E-state index is 13.6. The molecule has 0 saturated carbocycles. The maximum absolute atomic E-state index is 13.6. The van der Waals surface area contributed by atoms with Gasteiger partial charge in [-0.3, -0.25) is 4.79 Å². The summed E-state index contributed by atoms with van der Waals surface area (Å²) in [5.74, 6) is -0.104. The molecule has 2 aromatic rings. The van der Waals surface area contributed by atoms with Crippen LogP contribution in [-0.4, -0.2) is 18.4 Å². The van der Waals surface area contributed by atoms with Gasteiger partial charge in [0.05, 0.1) is 6.54 Å². The SMILES string of the molecule is CCNC(=NCc1ccc(C(N)=O)cc1)NCc1ccccc1F.I. The lowest BCUT2D eigenvalue weighted by molar-refractivity contribution is 0.100. The predicted molar refractivity (Wildman–Crippen MR) is 108 cm³/mol. The normalized spacial score (nSPS) is 10.7. The quantitative estimate of drug-likeness (QED) is 0.356. The van der Waals surface area contributed by atoms with Crippen LogP contribution < -0.4 is 16.4 Å². The second-order valence-electron chi connectivity index (χ2n) is 5.20. The van der Waals surface area contributed by atoms with Crippen LogP contribution >= 0.6 is 24.0 Å². The van der Waals surface area contributed by atoms with Gasteiger partial charge in [0.25, 0.3) is 0 Å². The van der Waals surface area contributed by atoms with Gasteiger partial charge in [-0.1, -0.05) is 30.3 Å². The summed E-state index contributed by atoms with van der Waals surface area (Å²) >= 11 is 0. The first kappa shape index (κ1) is 20.9. The van der Waals surface area contributed by atoms with Crippen molar-refractivity contribution in [3.63, 3.8) is 0 Å². The molecule has 1 amide bonds. The van der Waals surface area contributed by atoms with Crippen molar-refractivity contribution in [1.82, 2.24) is 10.6 Å². The molecule has 7 heteroatoms. The minimum atomic E-state index is -0.454. The van der Waals surface area contributed by atoms with E-state index in [0.717, 1.165) is 5.56 Å². The van der Waals surface area contributed by atoms with E-state index < -0.39 is 5.91 Å². The summed E-state index contributed by atoms with van der Waals surface area (Å²) in [4.78, 5) is 15.5. The van der Waals surface area contributed by atoms with Crippen LogP contribution in [0.5, 0.6) is 0 Å². The largest absolute Gasteiger partial charge is 0.366 e. The van der Waals surface area contributed by atoms with E-state index in [0.29, 0.717) is 36.7 Å². The number of halogens is 2. The number of carbonyl (C=O) groups excluding carboxylic acids is 1. The first-order valence-electron chi connectivity index (χ1n) is 7.74. The molecule has 0 aliphatic carbocycles. The Kier molecular flexibility index (Phi) is 8.90. The summed E-state index contributed by atoms with van der Waals surface area (Å²) in [6.45, 7) is 3.44. The zero-order valence-electron chi connectivity index (χ0n) is 14.0. The number of hydrogen-bond donors (Lipinski definition) is 3. The molecule has 2 aromatic carbocycles. The lowest BCUT2D eigenvalue weighted by Crippen LogP contribution is -2.37. The van der Waals surface area contributed by atoms with Crippen LogP contribution in [0.3, 0.4) is 0 Å². The number of nitrogens with zero attached hydrogens (tertiary/aromatic N) is 1. The maximum Gasteiger partial charge on any atom is 0.248 e. The topological polar surface area (TPSA) is 79.5 Å². The summed E-state index contributed by atoms with van der Waals surface area (Å²) in [5.41, 5.74) is 7.21. The monoisotopic (exact) mass is 456 g/mol. The zero-order valence-corrected chi connectivity index (χ0v) is 16.3. The highest BCUT2D eigenvalue weighted by Crippen LogP contribution is 2.07. The van der Waals surface area contributed by atoms with Crippen molar-refractivity contribution < 1.29 is 9.18 Å². The molecule has 134 valence electrons. The molecule has 0 unspecified atom stereocenters. The molecule has 0 radical (unpaired) electrons. The van der Waals surface area contributed by atoms with Crippen LogP contribution in [0.2, 0.25) is 0 Å². The molecular formula is C18H22FIN4O. The van der Waals surface area contributed by atoms with Crippen LogP contribution in [-0.2, 0) is 13.1 Å². The van der Waals surface area contributed by atoms with Gasteiger partial charge in [-0.15, -0.1) is 24.0 Å². The van der Waals surface area contributed by atoms with Crippen molar-refractivity contribution >= 4 is 35.8 Å². The Morgan fingerprint density at radius 1 is 1.12 bits per heavy atom. The number of nitrogens with one attached hydrogen (secondary N) is 2. The standard InChI is InChI=1S/C18H21FN4O.HI/c1-2-21-18(23-12-15-5-3-4-6-16(15)19)22-11-13-7-9-14(10-8-13)17(20)24;/h3-10H,2,11-12H2,1H3,(H2,20,24)(H2,21,22,23);1H. The number of primary amides is 1. The Labute approximate surface area is 163 Å². The van der Waals surface area contributed by atoms with Crippen molar-refractivity contribution in [3.8, 4) is 0 Å². The molecule has 25 heavy (non-hydrogen) atoms. The molecule has 0 aromatic heterocycles. The Morgan fingerprint density at radius 2 is 1.80 bits per heavy atom. The van der Waals surface area contributed by atoms with Crippen molar-refractivity contribution in [2.24, 2.45) is 10.7 Å². The van der Waals surface area contributed by atoms with Gasteiger partial charge >= 0.3 is 0 Å². The van der Waals surface area contributed by atoms with E-state index in [-0.39, 0.29) is 29.8 Å². The van der Waals surface area contributed by atoms with Gasteiger partial charge in [0.15, 0.2) is 5.96 Å². The third kappa shape index (κ3) is 6.69. The number of aliphatic imine (C=N–C) groups is 1. The third-order valence-electron chi connectivity index (χ3n) is 3.41. The van der Waals surface area contributed by atoms with Crippen LogP contribution in [0.25, 0.3) is 0 Å². The van der Waals surface area contributed by atoms with Gasteiger partial charge < -0.3 is 16.4 Å². The molecule has 0 bridgehead atoms. The van der Waals surface area contributed by atoms with E-state index in [9.17, 15) is 9.18 Å². The van der Waals surface area contributed by atoms with Crippen molar-refractivity contribution in [1.29, 1.82) is 0 Å². The summed E-state index contributed by atoms with van der Waals surface area (Å²) in [6.07, 6.45) is 0. The average Bonchev–Trinajstić information content (AvgIpc) is 2.59. The number of guanidine groups is 1. The molecule has 0 heterocycles. The second-order valence-corrected chi connectivity index (χ2v) is 5.20. The molecule has 0 spiro atoms. The molecule has 0 aliphatic rings. The van der Waals surface area contributed by atoms with Gasteiger partial charge in [-0.2, -0.15) is 0 Å². The minimum Gasteiger partial charge on any atom is -0.366 e. The van der Waals surface area contributed by atoms with E-state index >= 15 is 0 Å². The number of nitrogens with two attached hydrogens (primary N) is 1. The fraction of sp³-hybridized carbons (Fsp3) is 0.222. The highest BCUT2D eigenvalue weighted by atomic mass is 127. The van der Waals surface area contributed by atoms with Crippen LogP contribution in [0, 0.1) is 5.82 Å². The van der Waals surface area contributed by atoms with E-state index in [1.54, 1.807) is 30.3 Å². The Morgan fingerprint density at radius 3 is 2.40 bits per heavy atom. The first-order chi connectivity index (χ1) is 11.6. The number of amides is 1. The van der Waals surface area contributed by atoms with Gasteiger partial charge in [0.2, 0.25) is 5.91 Å². The Bertz CT molecular complexity index is 719. The van der Waals surface area contributed by atoms with Gasteiger partial charge in [0, 0.05) is 24.2 Å². The second kappa shape index (κ2) is 10.7. The fourth-order valence-electron chi connectivity index (χ4n) is 2.11. The molecule has 0 fully saturated rings. The van der Waals surface area contributed by atoms with Gasteiger partial charge in [-0.25, -0.2) is 9.38 Å². The third-order valence-corrected chi connectivity index (χ3v) is 3.41. The molecular weight excluding hydrogens is 434 g/mol. The number of rotatable bonds is 6. The fourth-order valence-corrected chi connectivity index (χ4v) is 2.11. The summed E-state index contributed by atoms with van der Waals surface area (Å²) in [7, 11) is 0. The van der Waals surface area contributed by atoms with Crippen molar-refractivity contribution in [2.75, 3.05) is 6.54 Å². The molecule has 0 saturated heterocycles. The molecule has 0 aliphatic heterocycles. The van der Waals surface area contributed by atoms with E-state index in [4.69, 9.17) is 5.73 Å².